The number of thiocarbonyl (C=S) groups is 1. The number of halogens is 3. The highest BCUT2D eigenvalue weighted by Crippen LogP contribution is 2.40. The third-order valence-electron chi connectivity index (χ3n) is 5.95. The lowest BCUT2D eigenvalue weighted by Crippen LogP contribution is -2.44. The summed E-state index contributed by atoms with van der Waals surface area (Å²) in [7, 11) is 0. The van der Waals surface area contributed by atoms with Crippen LogP contribution in [0.25, 0.3) is 0 Å². The summed E-state index contributed by atoms with van der Waals surface area (Å²) >= 11 is 5.55. The van der Waals surface area contributed by atoms with Gasteiger partial charge in [0.1, 0.15) is 24.0 Å². The Hall–Kier alpha value is -3.20. The fourth-order valence-corrected chi connectivity index (χ4v) is 4.71. The number of benzene rings is 2. The number of nitriles is 1. The van der Waals surface area contributed by atoms with E-state index in [2.05, 4.69) is 0 Å². The molecule has 2 fully saturated rings. The number of amides is 1. The zero-order valence-corrected chi connectivity index (χ0v) is 20.9. The van der Waals surface area contributed by atoms with Gasteiger partial charge in [0.25, 0.3) is 5.91 Å². The summed E-state index contributed by atoms with van der Waals surface area (Å²) in [5.41, 5.74) is -2.33. The topological polar surface area (TPSA) is 75.0 Å². The standard InChI is InChI=1S/C25H24F3N3O4S/c1-23(2)21(32)30(17-6-5-15(12-29)20(11-17)25(26,27)28)22(36)31(23)16-7-9-18(10-8-16)33-13-19-14-34-24(3,4)35-19/h5-11,19H,13-14H2,1-4H3. The van der Waals surface area contributed by atoms with Crippen LogP contribution in [0.5, 0.6) is 5.75 Å². The van der Waals surface area contributed by atoms with Gasteiger partial charge in [-0.15, -0.1) is 0 Å². The Morgan fingerprint density at radius 2 is 1.78 bits per heavy atom. The van der Waals surface area contributed by atoms with Crippen LogP contribution in [0.3, 0.4) is 0 Å². The summed E-state index contributed by atoms with van der Waals surface area (Å²) < 4.78 is 57.5. The molecular weight excluding hydrogens is 495 g/mol. The van der Waals surface area contributed by atoms with E-state index in [4.69, 9.17) is 31.7 Å². The van der Waals surface area contributed by atoms with Crippen molar-refractivity contribution < 1.29 is 32.2 Å². The van der Waals surface area contributed by atoms with Gasteiger partial charge in [0.05, 0.1) is 29.5 Å². The summed E-state index contributed by atoms with van der Waals surface area (Å²) in [6.07, 6.45) is -4.97. The largest absolute Gasteiger partial charge is 0.491 e. The van der Waals surface area contributed by atoms with E-state index in [9.17, 15) is 18.0 Å². The van der Waals surface area contributed by atoms with Crippen molar-refractivity contribution in [2.24, 2.45) is 0 Å². The Labute approximate surface area is 211 Å². The number of carbonyl (C=O) groups is 1. The molecule has 2 heterocycles. The van der Waals surface area contributed by atoms with E-state index >= 15 is 0 Å². The smallest absolute Gasteiger partial charge is 0.417 e. The third kappa shape index (κ3) is 4.76. The molecule has 4 rings (SSSR count). The molecule has 2 aromatic rings. The third-order valence-corrected chi connectivity index (χ3v) is 6.32. The van der Waals surface area contributed by atoms with Crippen LogP contribution in [-0.4, -0.2) is 41.7 Å². The van der Waals surface area contributed by atoms with Crippen LogP contribution in [0.1, 0.15) is 38.8 Å². The Kier molecular flexibility index (Phi) is 6.49. The Bertz CT molecular complexity index is 1240. The number of hydrogen-bond donors (Lipinski definition) is 0. The number of nitrogens with zero attached hydrogens (tertiary/aromatic N) is 3. The molecule has 1 amide bonds. The first kappa shape index (κ1) is 25.9. The van der Waals surface area contributed by atoms with Crippen LogP contribution in [0.2, 0.25) is 0 Å². The molecule has 2 saturated heterocycles. The van der Waals surface area contributed by atoms with Crippen molar-refractivity contribution in [2.75, 3.05) is 23.0 Å². The Morgan fingerprint density at radius 3 is 2.33 bits per heavy atom. The van der Waals surface area contributed by atoms with Gasteiger partial charge in [0.15, 0.2) is 10.9 Å². The second kappa shape index (κ2) is 9.03. The molecule has 190 valence electrons. The Balaban J connectivity index is 1.56. The molecule has 7 nitrogen and oxygen atoms in total. The first-order chi connectivity index (χ1) is 16.7. The van der Waals surface area contributed by atoms with E-state index in [1.165, 1.54) is 12.1 Å². The predicted octanol–water partition coefficient (Wildman–Crippen LogP) is 5.02. The molecule has 2 aromatic carbocycles. The molecule has 36 heavy (non-hydrogen) atoms. The first-order valence-electron chi connectivity index (χ1n) is 11.1. The molecule has 1 unspecified atom stereocenters. The molecule has 0 aromatic heterocycles. The van der Waals surface area contributed by atoms with Crippen molar-refractivity contribution in [1.29, 1.82) is 5.26 Å². The fraction of sp³-hybridized carbons (Fsp3) is 0.400. The highest BCUT2D eigenvalue weighted by atomic mass is 32.1. The quantitative estimate of drug-likeness (QED) is 0.514. The van der Waals surface area contributed by atoms with E-state index in [1.807, 2.05) is 13.8 Å². The SMILES string of the molecule is CC1(C)OCC(COc2ccc(N3C(=S)N(c4ccc(C#N)c(C(F)(F)F)c4)C(=O)C3(C)C)cc2)O1. The Morgan fingerprint density at radius 1 is 1.14 bits per heavy atom. The molecule has 0 radical (unpaired) electrons. The van der Waals surface area contributed by atoms with E-state index in [0.29, 0.717) is 24.7 Å². The molecule has 0 saturated carbocycles. The number of carbonyl (C=O) groups excluding carboxylic acids is 1. The molecule has 2 aliphatic rings. The molecule has 2 aliphatic heterocycles. The van der Waals surface area contributed by atoms with Gasteiger partial charge in [-0.2, -0.15) is 18.4 Å². The van der Waals surface area contributed by atoms with Crippen LogP contribution >= 0.6 is 12.2 Å². The van der Waals surface area contributed by atoms with Crippen molar-refractivity contribution in [3.05, 3.63) is 53.6 Å². The van der Waals surface area contributed by atoms with Gasteiger partial charge in [-0.25, -0.2) is 0 Å². The van der Waals surface area contributed by atoms with Gasteiger partial charge in [0, 0.05) is 5.69 Å². The maximum Gasteiger partial charge on any atom is 0.417 e. The number of rotatable bonds is 5. The number of hydrogen-bond acceptors (Lipinski definition) is 6. The van der Waals surface area contributed by atoms with Crippen LogP contribution in [-0.2, 0) is 20.4 Å². The van der Waals surface area contributed by atoms with Crippen molar-refractivity contribution in [3.63, 3.8) is 0 Å². The van der Waals surface area contributed by atoms with Crippen molar-refractivity contribution >= 4 is 34.6 Å². The maximum atomic E-state index is 13.5. The summed E-state index contributed by atoms with van der Waals surface area (Å²) in [4.78, 5) is 16.0. The summed E-state index contributed by atoms with van der Waals surface area (Å²) in [5.74, 6) is -0.574. The minimum Gasteiger partial charge on any atom is -0.491 e. The second-order valence-electron chi connectivity index (χ2n) is 9.41. The van der Waals surface area contributed by atoms with Crippen LogP contribution in [0.15, 0.2) is 42.5 Å². The summed E-state index contributed by atoms with van der Waals surface area (Å²) in [5, 5.41) is 9.10. The van der Waals surface area contributed by atoms with Gasteiger partial charge in [-0.05, 0) is 82.4 Å². The molecule has 0 spiro atoms. The predicted molar refractivity (Wildman–Crippen MR) is 130 cm³/mol. The van der Waals surface area contributed by atoms with Crippen LogP contribution in [0.4, 0.5) is 24.5 Å². The normalized spacial score (nSPS) is 21.1. The minimum absolute atomic E-state index is 0.0234. The van der Waals surface area contributed by atoms with Crippen molar-refractivity contribution in [1.82, 2.24) is 0 Å². The van der Waals surface area contributed by atoms with Gasteiger partial charge < -0.3 is 19.1 Å². The van der Waals surface area contributed by atoms with Crippen LogP contribution in [0, 0.1) is 11.3 Å². The number of alkyl halides is 3. The summed E-state index contributed by atoms with van der Waals surface area (Å²) in [6, 6.07) is 11.5. The highest BCUT2D eigenvalue weighted by Gasteiger charge is 2.50. The monoisotopic (exact) mass is 519 g/mol. The van der Waals surface area contributed by atoms with Gasteiger partial charge in [-0.3, -0.25) is 9.69 Å². The zero-order valence-electron chi connectivity index (χ0n) is 20.0. The van der Waals surface area contributed by atoms with E-state index in [1.54, 1.807) is 43.0 Å². The van der Waals surface area contributed by atoms with Gasteiger partial charge in [-0.1, -0.05) is 0 Å². The van der Waals surface area contributed by atoms with E-state index < -0.39 is 34.5 Å². The van der Waals surface area contributed by atoms with E-state index in [-0.39, 0.29) is 16.9 Å². The lowest BCUT2D eigenvalue weighted by Gasteiger charge is -2.29. The van der Waals surface area contributed by atoms with Crippen molar-refractivity contribution in [2.45, 2.75) is 51.3 Å². The number of anilines is 2. The minimum atomic E-state index is -4.76. The molecule has 0 aliphatic carbocycles. The summed E-state index contributed by atoms with van der Waals surface area (Å²) in [6.45, 7) is 7.65. The molecule has 1 atom stereocenters. The van der Waals surface area contributed by atoms with Crippen LogP contribution < -0.4 is 14.5 Å². The zero-order chi connectivity index (χ0) is 26.5. The molecule has 11 heteroatoms. The maximum absolute atomic E-state index is 13.5. The fourth-order valence-electron chi connectivity index (χ4n) is 4.19. The molecular formula is C25H24F3N3O4S. The van der Waals surface area contributed by atoms with Gasteiger partial charge >= 0.3 is 6.18 Å². The number of ether oxygens (including phenoxy) is 3. The lowest BCUT2D eigenvalue weighted by molar-refractivity contribution is -0.141. The second-order valence-corrected chi connectivity index (χ2v) is 9.78. The van der Waals surface area contributed by atoms with E-state index in [0.717, 1.165) is 17.0 Å². The lowest BCUT2D eigenvalue weighted by atomic mass is 10.0. The molecule has 0 bridgehead atoms. The van der Waals surface area contributed by atoms with Gasteiger partial charge in [0.2, 0.25) is 0 Å². The molecule has 0 N–H and O–H groups in total. The van der Waals surface area contributed by atoms with Crippen molar-refractivity contribution in [3.8, 4) is 11.8 Å². The average Bonchev–Trinajstić information content (AvgIpc) is 3.24. The first-order valence-corrected chi connectivity index (χ1v) is 11.5. The highest BCUT2D eigenvalue weighted by molar-refractivity contribution is 7.81. The average molecular weight is 520 g/mol.